The minimum atomic E-state index is -0.853. The minimum Gasteiger partial charge on any atom is -0.481 e. The first-order valence-electron chi connectivity index (χ1n) is 6.62. The van der Waals surface area contributed by atoms with Crippen molar-refractivity contribution in [3.05, 3.63) is 47.0 Å². The zero-order valence-corrected chi connectivity index (χ0v) is 11.1. The van der Waals surface area contributed by atoms with Crippen molar-refractivity contribution in [3.8, 4) is 0 Å². The van der Waals surface area contributed by atoms with E-state index in [9.17, 15) is 13.6 Å². The molecule has 0 fully saturated rings. The fraction of sp³-hybridized carbons (Fsp3) is 0.357. The van der Waals surface area contributed by atoms with Crippen molar-refractivity contribution in [2.45, 2.75) is 25.8 Å². The monoisotopic (exact) mass is 293 g/mol. The van der Waals surface area contributed by atoms with Gasteiger partial charge in [-0.05, 0) is 18.1 Å². The van der Waals surface area contributed by atoms with Crippen LogP contribution in [-0.4, -0.2) is 25.8 Å². The molecule has 5 nitrogen and oxygen atoms in total. The van der Waals surface area contributed by atoms with E-state index in [1.54, 1.807) is 4.57 Å². The number of nitrogens with zero attached hydrogens (tertiary/aromatic N) is 3. The predicted octanol–water partition coefficient (Wildman–Crippen LogP) is 1.79. The summed E-state index contributed by atoms with van der Waals surface area (Å²) in [4.78, 5) is 11.1. The van der Waals surface area contributed by atoms with Crippen LogP contribution >= 0.6 is 0 Å². The average molecular weight is 293 g/mol. The number of aromatic nitrogens is 3. The van der Waals surface area contributed by atoms with Crippen molar-refractivity contribution in [2.24, 2.45) is 5.92 Å². The van der Waals surface area contributed by atoms with Crippen LogP contribution in [0.15, 0.2) is 18.2 Å². The van der Waals surface area contributed by atoms with Gasteiger partial charge in [0, 0.05) is 25.5 Å². The first kappa shape index (κ1) is 13.7. The molecule has 21 heavy (non-hydrogen) atoms. The number of carboxylic acids is 1. The van der Waals surface area contributed by atoms with E-state index in [0.717, 1.165) is 6.07 Å². The number of hydrogen-bond acceptors (Lipinski definition) is 3. The fourth-order valence-corrected chi connectivity index (χ4v) is 2.55. The van der Waals surface area contributed by atoms with Crippen LogP contribution in [0.25, 0.3) is 0 Å². The third-order valence-corrected chi connectivity index (χ3v) is 3.74. The molecule has 1 atom stereocenters. The largest absolute Gasteiger partial charge is 0.481 e. The number of fused-ring (bicyclic) bond motifs is 1. The molecule has 3 rings (SSSR count). The Morgan fingerprint density at radius 2 is 2.19 bits per heavy atom. The number of carboxylic acid groups (broad SMARTS) is 1. The molecule has 1 aromatic heterocycles. The standard InChI is InChI=1S/C14H13F2N3O2/c15-10-3-1-8(11(16)6-10)5-13-18-17-12-4-2-9(14(20)21)7-19(12)13/h1,3,6,9H,2,4-5,7H2,(H,20,21). The highest BCUT2D eigenvalue weighted by molar-refractivity contribution is 5.70. The summed E-state index contributed by atoms with van der Waals surface area (Å²) in [6, 6.07) is 3.37. The maximum Gasteiger partial charge on any atom is 0.308 e. The van der Waals surface area contributed by atoms with Gasteiger partial charge in [0.1, 0.15) is 23.3 Å². The Kier molecular flexibility index (Phi) is 3.40. The molecule has 2 heterocycles. The molecule has 1 aliphatic heterocycles. The molecular formula is C14H13F2N3O2. The molecule has 1 aromatic carbocycles. The highest BCUT2D eigenvalue weighted by Gasteiger charge is 2.27. The molecule has 1 N–H and O–H groups in total. The Labute approximate surface area is 119 Å². The lowest BCUT2D eigenvalue weighted by molar-refractivity contribution is -0.142. The third-order valence-electron chi connectivity index (χ3n) is 3.74. The summed E-state index contributed by atoms with van der Waals surface area (Å²) in [5.74, 6) is -1.39. The van der Waals surface area contributed by atoms with Gasteiger partial charge < -0.3 is 9.67 Å². The van der Waals surface area contributed by atoms with Gasteiger partial charge in [-0.3, -0.25) is 4.79 Å². The molecule has 110 valence electrons. The molecule has 7 heteroatoms. The second-order valence-electron chi connectivity index (χ2n) is 5.13. The van der Waals surface area contributed by atoms with Crippen LogP contribution < -0.4 is 0 Å². The first-order chi connectivity index (χ1) is 10.0. The summed E-state index contributed by atoms with van der Waals surface area (Å²) in [5, 5.41) is 17.1. The smallest absolute Gasteiger partial charge is 0.308 e. The van der Waals surface area contributed by atoms with E-state index in [1.165, 1.54) is 12.1 Å². The van der Waals surface area contributed by atoms with E-state index < -0.39 is 23.5 Å². The predicted molar refractivity (Wildman–Crippen MR) is 68.6 cm³/mol. The topological polar surface area (TPSA) is 68.0 Å². The molecule has 1 unspecified atom stereocenters. The van der Waals surface area contributed by atoms with Gasteiger partial charge in [0.05, 0.1) is 5.92 Å². The number of aryl methyl sites for hydroxylation is 1. The average Bonchev–Trinajstić information content (AvgIpc) is 2.84. The Bertz CT molecular complexity index is 700. The van der Waals surface area contributed by atoms with Crippen LogP contribution in [0.3, 0.4) is 0 Å². The molecule has 0 amide bonds. The number of benzene rings is 1. The van der Waals surface area contributed by atoms with Gasteiger partial charge in [-0.25, -0.2) is 8.78 Å². The molecule has 2 aromatic rings. The van der Waals surface area contributed by atoms with E-state index in [0.29, 0.717) is 30.1 Å². The summed E-state index contributed by atoms with van der Waals surface area (Å²) in [6.45, 7) is 0.288. The normalized spacial score (nSPS) is 17.5. The van der Waals surface area contributed by atoms with Crippen molar-refractivity contribution in [1.82, 2.24) is 14.8 Å². The molecular weight excluding hydrogens is 280 g/mol. The van der Waals surface area contributed by atoms with E-state index >= 15 is 0 Å². The van der Waals surface area contributed by atoms with Gasteiger partial charge in [-0.15, -0.1) is 10.2 Å². The van der Waals surface area contributed by atoms with Crippen molar-refractivity contribution in [1.29, 1.82) is 0 Å². The maximum atomic E-state index is 13.7. The van der Waals surface area contributed by atoms with Crippen LogP contribution in [-0.2, 0) is 24.2 Å². The Morgan fingerprint density at radius 1 is 1.38 bits per heavy atom. The molecule has 0 aliphatic carbocycles. The third kappa shape index (κ3) is 2.63. The number of aliphatic carboxylic acids is 1. The lowest BCUT2D eigenvalue weighted by Crippen LogP contribution is -2.27. The second kappa shape index (κ2) is 5.23. The fourth-order valence-electron chi connectivity index (χ4n) is 2.55. The lowest BCUT2D eigenvalue weighted by atomic mass is 9.99. The van der Waals surface area contributed by atoms with Crippen molar-refractivity contribution in [2.75, 3.05) is 0 Å². The second-order valence-corrected chi connectivity index (χ2v) is 5.13. The number of carbonyl (C=O) groups is 1. The molecule has 0 saturated carbocycles. The minimum absolute atomic E-state index is 0.158. The summed E-state index contributed by atoms with van der Waals surface area (Å²) < 4.78 is 28.3. The summed E-state index contributed by atoms with van der Waals surface area (Å²) in [5.41, 5.74) is 0.309. The van der Waals surface area contributed by atoms with Gasteiger partial charge in [0.15, 0.2) is 0 Å². The molecule has 0 bridgehead atoms. The Balaban J connectivity index is 1.88. The van der Waals surface area contributed by atoms with Crippen LogP contribution in [0, 0.1) is 17.6 Å². The zero-order chi connectivity index (χ0) is 15.0. The van der Waals surface area contributed by atoms with Crippen LogP contribution in [0.4, 0.5) is 8.78 Å². The number of rotatable bonds is 3. The molecule has 0 spiro atoms. The first-order valence-corrected chi connectivity index (χ1v) is 6.62. The van der Waals surface area contributed by atoms with Crippen LogP contribution in [0.1, 0.15) is 23.6 Å². The summed E-state index contributed by atoms with van der Waals surface area (Å²) >= 11 is 0. The number of halogens is 2. The van der Waals surface area contributed by atoms with E-state index in [1.807, 2.05) is 0 Å². The van der Waals surface area contributed by atoms with Gasteiger partial charge in [-0.2, -0.15) is 0 Å². The quantitative estimate of drug-likeness (QED) is 0.937. The van der Waals surface area contributed by atoms with E-state index in [4.69, 9.17) is 5.11 Å². The summed E-state index contributed by atoms with van der Waals surface area (Å²) in [6.07, 6.45) is 1.22. The van der Waals surface area contributed by atoms with Crippen molar-refractivity contribution >= 4 is 5.97 Å². The highest BCUT2D eigenvalue weighted by Crippen LogP contribution is 2.22. The zero-order valence-electron chi connectivity index (χ0n) is 11.1. The molecule has 0 radical (unpaired) electrons. The molecule has 0 saturated heterocycles. The maximum absolute atomic E-state index is 13.7. The van der Waals surface area contributed by atoms with Crippen molar-refractivity contribution < 1.29 is 18.7 Å². The van der Waals surface area contributed by atoms with Gasteiger partial charge in [0.2, 0.25) is 0 Å². The van der Waals surface area contributed by atoms with E-state index in [2.05, 4.69) is 10.2 Å². The highest BCUT2D eigenvalue weighted by atomic mass is 19.1. The Hall–Kier alpha value is -2.31. The Morgan fingerprint density at radius 3 is 2.90 bits per heavy atom. The van der Waals surface area contributed by atoms with Gasteiger partial charge in [0.25, 0.3) is 0 Å². The lowest BCUT2D eigenvalue weighted by Gasteiger charge is -2.21. The van der Waals surface area contributed by atoms with Crippen LogP contribution in [0.5, 0.6) is 0 Å². The van der Waals surface area contributed by atoms with Gasteiger partial charge in [-0.1, -0.05) is 6.07 Å². The van der Waals surface area contributed by atoms with E-state index in [-0.39, 0.29) is 13.0 Å². The SMILES string of the molecule is O=C(O)C1CCc2nnc(Cc3ccc(F)cc3F)n2C1. The summed E-state index contributed by atoms with van der Waals surface area (Å²) in [7, 11) is 0. The van der Waals surface area contributed by atoms with Gasteiger partial charge >= 0.3 is 5.97 Å². The molecule has 1 aliphatic rings. The van der Waals surface area contributed by atoms with Crippen molar-refractivity contribution in [3.63, 3.8) is 0 Å². The van der Waals surface area contributed by atoms with Crippen LogP contribution in [0.2, 0.25) is 0 Å². The number of hydrogen-bond donors (Lipinski definition) is 1.